The van der Waals surface area contributed by atoms with Crippen molar-refractivity contribution in [3.05, 3.63) is 16.8 Å². The van der Waals surface area contributed by atoms with Crippen LogP contribution in [0.3, 0.4) is 0 Å². The number of nitrogens with two attached hydrogens (primary N) is 1. The van der Waals surface area contributed by atoms with Crippen molar-refractivity contribution >= 4 is 34.8 Å². The molecule has 1 aromatic rings. The molecular weight excluding hydrogens is 290 g/mol. The number of aromatic nitrogens is 2. The molecule has 112 valence electrons. The van der Waals surface area contributed by atoms with Gasteiger partial charge in [-0.15, -0.1) is 5.10 Å². The molecule has 3 N–H and O–H groups in total. The smallest absolute Gasteiger partial charge is 0.251 e. The highest BCUT2D eigenvalue weighted by molar-refractivity contribution is 7.80. The number of carbonyl (C=O) groups is 2. The molecule has 8 heteroatoms. The average molecular weight is 307 g/mol. The van der Waals surface area contributed by atoms with Gasteiger partial charge in [0.05, 0.1) is 17.8 Å². The van der Waals surface area contributed by atoms with Crippen LogP contribution in [0.15, 0.2) is 0 Å². The summed E-state index contributed by atoms with van der Waals surface area (Å²) in [4.78, 5) is 25.5. The van der Waals surface area contributed by atoms with Gasteiger partial charge >= 0.3 is 0 Å². The lowest BCUT2D eigenvalue weighted by Crippen LogP contribution is -2.64. The molecule has 2 amide bonds. The zero-order chi connectivity index (χ0) is 15.9. The minimum absolute atomic E-state index is 0.00840. The predicted molar refractivity (Wildman–Crippen MR) is 82.0 cm³/mol. The molecule has 0 bridgehead atoms. The van der Waals surface area contributed by atoms with Crippen LogP contribution in [0.5, 0.6) is 0 Å². The van der Waals surface area contributed by atoms with E-state index in [-0.39, 0.29) is 11.5 Å². The van der Waals surface area contributed by atoms with E-state index in [9.17, 15) is 9.59 Å². The van der Waals surface area contributed by atoms with Crippen LogP contribution in [0, 0.1) is 13.8 Å². The number of thiocarbonyl (C=S) groups is 1. The van der Waals surface area contributed by atoms with Crippen molar-refractivity contribution in [3.8, 4) is 0 Å². The molecule has 1 aliphatic rings. The highest BCUT2D eigenvalue weighted by atomic mass is 32.1. The first-order valence-corrected chi connectivity index (χ1v) is 6.82. The average Bonchev–Trinajstić information content (AvgIpc) is 2.37. The predicted octanol–water partition coefficient (Wildman–Crippen LogP) is -0.0310. The van der Waals surface area contributed by atoms with E-state index < -0.39 is 17.4 Å². The van der Waals surface area contributed by atoms with Crippen molar-refractivity contribution in [3.63, 3.8) is 0 Å². The number of nitrogens with one attached hydrogen (secondary N) is 1. The Labute approximate surface area is 127 Å². The fourth-order valence-corrected chi connectivity index (χ4v) is 2.45. The third-order valence-electron chi connectivity index (χ3n) is 3.72. The molecule has 1 aliphatic heterocycles. The van der Waals surface area contributed by atoms with E-state index in [2.05, 4.69) is 15.5 Å². The molecule has 1 aromatic heterocycles. The van der Waals surface area contributed by atoms with E-state index in [4.69, 9.17) is 18.0 Å². The lowest BCUT2D eigenvalue weighted by atomic mass is 9.97. The maximum Gasteiger partial charge on any atom is 0.251 e. The van der Waals surface area contributed by atoms with Crippen molar-refractivity contribution in [2.24, 2.45) is 5.73 Å². The number of aryl methyl sites for hydroxylation is 1. The van der Waals surface area contributed by atoms with Crippen LogP contribution in [0.1, 0.15) is 30.7 Å². The van der Waals surface area contributed by atoms with E-state index >= 15 is 0 Å². The lowest BCUT2D eigenvalue weighted by Gasteiger charge is -2.41. The highest BCUT2D eigenvalue weighted by Crippen LogP contribution is 2.29. The topological polar surface area (TPSA) is 101 Å². The Morgan fingerprint density at radius 2 is 1.95 bits per heavy atom. The van der Waals surface area contributed by atoms with Crippen molar-refractivity contribution < 1.29 is 9.59 Å². The van der Waals surface area contributed by atoms with Crippen LogP contribution in [0.25, 0.3) is 0 Å². The number of hydrogen-bond donors (Lipinski definition) is 2. The van der Waals surface area contributed by atoms with Crippen LogP contribution in [-0.4, -0.2) is 39.1 Å². The highest BCUT2D eigenvalue weighted by Gasteiger charge is 2.43. The minimum Gasteiger partial charge on any atom is -0.389 e. The summed E-state index contributed by atoms with van der Waals surface area (Å²) in [5.41, 5.74) is 6.89. The summed E-state index contributed by atoms with van der Waals surface area (Å²) in [6.45, 7) is 7.03. The van der Waals surface area contributed by atoms with E-state index in [1.54, 1.807) is 25.7 Å². The first-order valence-electron chi connectivity index (χ1n) is 6.42. The van der Waals surface area contributed by atoms with Crippen LogP contribution in [0.4, 0.5) is 5.82 Å². The number of amides is 2. The quantitative estimate of drug-likeness (QED) is 0.584. The molecule has 21 heavy (non-hydrogen) atoms. The molecular formula is C13H17N5O2S. The number of anilines is 1. The Hall–Kier alpha value is -2.09. The van der Waals surface area contributed by atoms with E-state index in [0.29, 0.717) is 17.1 Å². The third kappa shape index (κ3) is 2.46. The van der Waals surface area contributed by atoms with E-state index in [0.717, 1.165) is 5.56 Å². The summed E-state index contributed by atoms with van der Waals surface area (Å²) in [5, 5.41) is 10.5. The Morgan fingerprint density at radius 3 is 2.52 bits per heavy atom. The van der Waals surface area contributed by atoms with Crippen molar-refractivity contribution in [1.82, 2.24) is 15.5 Å². The first-order chi connectivity index (χ1) is 9.66. The van der Waals surface area contributed by atoms with Crippen LogP contribution in [0.2, 0.25) is 0 Å². The third-order valence-corrected chi connectivity index (χ3v) is 3.93. The summed E-state index contributed by atoms with van der Waals surface area (Å²) >= 11 is 5.10. The molecule has 0 saturated carbocycles. The molecule has 2 rings (SSSR count). The molecule has 0 aliphatic carbocycles. The van der Waals surface area contributed by atoms with Crippen LogP contribution in [-0.2, 0) is 9.59 Å². The maximum atomic E-state index is 12.1. The second-order valence-corrected chi connectivity index (χ2v) is 5.94. The number of piperazine rings is 1. The van der Waals surface area contributed by atoms with Gasteiger partial charge in [0.25, 0.3) is 5.91 Å². The van der Waals surface area contributed by atoms with Crippen molar-refractivity contribution in [2.45, 2.75) is 33.2 Å². The molecule has 0 atom stereocenters. The second kappa shape index (κ2) is 5.03. The molecule has 1 fully saturated rings. The Bertz CT molecular complexity index is 656. The zero-order valence-corrected chi connectivity index (χ0v) is 13.2. The van der Waals surface area contributed by atoms with Gasteiger partial charge in [0.1, 0.15) is 10.5 Å². The molecule has 0 aromatic carbocycles. The Balaban J connectivity index is 2.65. The standard InChI is InChI=1S/C13H17N5O2S/c1-6-7(2)16-17-11(9(6)10(14)21)18-5-8(19)15-12(20)13(18,3)4/h5H2,1-4H3,(H2,14,21)(H,15,19,20). The molecule has 0 radical (unpaired) electrons. The number of rotatable bonds is 2. The van der Waals surface area contributed by atoms with Crippen molar-refractivity contribution in [1.29, 1.82) is 0 Å². The maximum absolute atomic E-state index is 12.1. The minimum atomic E-state index is -0.955. The fraction of sp³-hybridized carbons (Fsp3) is 0.462. The van der Waals surface area contributed by atoms with Gasteiger partial charge in [0.15, 0.2) is 5.82 Å². The van der Waals surface area contributed by atoms with Gasteiger partial charge in [-0.3, -0.25) is 14.9 Å². The molecule has 2 heterocycles. The fourth-order valence-electron chi connectivity index (χ4n) is 2.20. The Morgan fingerprint density at radius 1 is 1.33 bits per heavy atom. The second-order valence-electron chi connectivity index (χ2n) is 5.50. The summed E-state index contributed by atoms with van der Waals surface area (Å²) < 4.78 is 0. The van der Waals surface area contributed by atoms with Gasteiger partial charge in [-0.25, -0.2) is 0 Å². The first kappa shape index (κ1) is 15.3. The number of imide groups is 1. The van der Waals surface area contributed by atoms with Gasteiger partial charge in [0, 0.05) is 0 Å². The molecule has 0 unspecified atom stereocenters. The number of nitrogens with zero attached hydrogens (tertiary/aromatic N) is 3. The number of carbonyl (C=O) groups excluding carboxylic acids is 2. The van der Waals surface area contributed by atoms with Gasteiger partial charge < -0.3 is 10.6 Å². The zero-order valence-electron chi connectivity index (χ0n) is 12.4. The summed E-state index contributed by atoms with van der Waals surface area (Å²) in [6, 6.07) is 0. The molecule has 0 spiro atoms. The summed E-state index contributed by atoms with van der Waals surface area (Å²) in [6.07, 6.45) is 0. The lowest BCUT2D eigenvalue weighted by molar-refractivity contribution is -0.135. The summed E-state index contributed by atoms with van der Waals surface area (Å²) in [5.74, 6) is -0.431. The van der Waals surface area contributed by atoms with Crippen molar-refractivity contribution in [2.75, 3.05) is 11.4 Å². The van der Waals surface area contributed by atoms with Gasteiger partial charge in [-0.1, -0.05) is 12.2 Å². The van der Waals surface area contributed by atoms with Gasteiger partial charge in [-0.2, -0.15) is 5.10 Å². The SMILES string of the molecule is Cc1nnc(N2CC(=O)NC(=O)C2(C)C)c(C(N)=S)c1C. The van der Waals surface area contributed by atoms with E-state index in [1.807, 2.05) is 6.92 Å². The monoisotopic (exact) mass is 307 g/mol. The van der Waals surface area contributed by atoms with Gasteiger partial charge in [0.2, 0.25) is 5.91 Å². The van der Waals surface area contributed by atoms with Gasteiger partial charge in [-0.05, 0) is 33.3 Å². The molecule has 7 nitrogen and oxygen atoms in total. The normalized spacial score (nSPS) is 17.6. The van der Waals surface area contributed by atoms with E-state index in [1.165, 1.54) is 0 Å². The number of hydrogen-bond acceptors (Lipinski definition) is 6. The van der Waals surface area contributed by atoms with Crippen LogP contribution >= 0.6 is 12.2 Å². The molecule has 1 saturated heterocycles. The Kier molecular flexibility index (Phi) is 3.66. The van der Waals surface area contributed by atoms with Crippen LogP contribution < -0.4 is 16.0 Å². The largest absolute Gasteiger partial charge is 0.389 e. The summed E-state index contributed by atoms with van der Waals surface area (Å²) in [7, 11) is 0.